The molecule has 0 saturated carbocycles. The van der Waals surface area contributed by atoms with Crippen molar-refractivity contribution < 1.29 is 9.53 Å². The van der Waals surface area contributed by atoms with Gasteiger partial charge in [-0.3, -0.25) is 9.89 Å². The number of aryl methyl sites for hydroxylation is 1. The number of rotatable bonds is 5. The summed E-state index contributed by atoms with van der Waals surface area (Å²) in [5, 5.41) is 12.1. The smallest absolute Gasteiger partial charge is 0.253 e. The molecule has 1 aliphatic rings. The first-order chi connectivity index (χ1) is 14.4. The molecular formula is C22H28N6O2. The summed E-state index contributed by atoms with van der Waals surface area (Å²) >= 11 is 0. The second-order valence-electron chi connectivity index (χ2n) is 8.07. The fraction of sp³-hybridized carbons (Fsp3) is 0.409. The molecule has 8 nitrogen and oxygen atoms in total. The third-order valence-electron chi connectivity index (χ3n) is 5.14. The van der Waals surface area contributed by atoms with Crippen LogP contribution in [0.1, 0.15) is 29.9 Å². The Balaban J connectivity index is 1.68. The van der Waals surface area contributed by atoms with Gasteiger partial charge in [-0.2, -0.15) is 10.1 Å². The van der Waals surface area contributed by atoms with Crippen molar-refractivity contribution in [1.82, 2.24) is 25.0 Å². The number of fused-ring (bicyclic) bond motifs is 1. The van der Waals surface area contributed by atoms with Crippen LogP contribution in [0.5, 0.6) is 5.88 Å². The van der Waals surface area contributed by atoms with Crippen molar-refractivity contribution in [3.8, 4) is 5.88 Å². The average Bonchev–Trinajstić information content (AvgIpc) is 3.11. The van der Waals surface area contributed by atoms with Crippen LogP contribution in [-0.2, 0) is 0 Å². The summed E-state index contributed by atoms with van der Waals surface area (Å²) in [7, 11) is 2.08. The van der Waals surface area contributed by atoms with Crippen LogP contribution in [0.4, 0.5) is 11.6 Å². The Morgan fingerprint density at radius 3 is 2.57 bits per heavy atom. The van der Waals surface area contributed by atoms with Gasteiger partial charge in [0, 0.05) is 48.9 Å². The van der Waals surface area contributed by atoms with E-state index in [1.54, 1.807) is 0 Å². The van der Waals surface area contributed by atoms with Crippen LogP contribution in [0, 0.1) is 6.92 Å². The SMILES string of the molecule is Cc1cc(Nc2cc3cc(C(=O)N4CCN(C)CC4)ccc3c(OC(C)C)n2)n[nH]1. The van der Waals surface area contributed by atoms with Crippen molar-refractivity contribution in [2.75, 3.05) is 38.5 Å². The number of piperazine rings is 1. The molecule has 2 N–H and O–H groups in total. The van der Waals surface area contributed by atoms with Gasteiger partial charge in [-0.15, -0.1) is 0 Å². The molecule has 0 atom stereocenters. The Kier molecular flexibility index (Phi) is 5.59. The summed E-state index contributed by atoms with van der Waals surface area (Å²) in [6.07, 6.45) is -0.0183. The third kappa shape index (κ3) is 4.38. The van der Waals surface area contributed by atoms with Crippen molar-refractivity contribution in [1.29, 1.82) is 0 Å². The number of anilines is 2. The Hall–Kier alpha value is -3.13. The molecular weight excluding hydrogens is 380 g/mol. The topological polar surface area (TPSA) is 86.4 Å². The number of carbonyl (C=O) groups is 1. The molecule has 1 saturated heterocycles. The summed E-state index contributed by atoms with van der Waals surface area (Å²) < 4.78 is 5.96. The molecule has 2 aromatic heterocycles. The van der Waals surface area contributed by atoms with Crippen molar-refractivity contribution >= 4 is 28.3 Å². The van der Waals surface area contributed by atoms with E-state index in [-0.39, 0.29) is 12.0 Å². The summed E-state index contributed by atoms with van der Waals surface area (Å²) in [6, 6.07) is 9.54. The third-order valence-corrected chi connectivity index (χ3v) is 5.14. The lowest BCUT2D eigenvalue weighted by Crippen LogP contribution is -2.47. The molecule has 1 aromatic carbocycles. The molecule has 0 bridgehead atoms. The van der Waals surface area contributed by atoms with Gasteiger partial charge in [-0.1, -0.05) is 0 Å². The molecule has 0 unspecified atom stereocenters. The van der Waals surface area contributed by atoms with Crippen molar-refractivity contribution in [3.63, 3.8) is 0 Å². The minimum absolute atomic E-state index is 0.0183. The van der Waals surface area contributed by atoms with Gasteiger partial charge >= 0.3 is 0 Å². The fourth-order valence-electron chi connectivity index (χ4n) is 3.54. The molecule has 3 heterocycles. The largest absolute Gasteiger partial charge is 0.474 e. The van der Waals surface area contributed by atoms with Crippen molar-refractivity contribution in [2.24, 2.45) is 0 Å². The Morgan fingerprint density at radius 1 is 1.13 bits per heavy atom. The standard InChI is InChI=1S/C22H28N6O2/c1-14(2)30-21-18-6-5-16(22(29)28-9-7-27(4)8-10-28)12-17(18)13-19(24-21)23-20-11-15(3)25-26-20/h5-6,11-14H,7-10H2,1-4H3,(H2,23,24,25,26). The van der Waals surface area contributed by atoms with E-state index < -0.39 is 0 Å². The second-order valence-corrected chi connectivity index (χ2v) is 8.07. The summed E-state index contributed by atoms with van der Waals surface area (Å²) in [5.41, 5.74) is 1.63. The summed E-state index contributed by atoms with van der Waals surface area (Å²) in [4.78, 5) is 21.8. The van der Waals surface area contributed by atoms with Crippen LogP contribution in [0.2, 0.25) is 0 Å². The second kappa shape index (κ2) is 8.31. The van der Waals surface area contributed by atoms with E-state index in [1.165, 1.54) is 0 Å². The lowest BCUT2D eigenvalue weighted by Gasteiger charge is -2.32. The van der Waals surface area contributed by atoms with E-state index in [0.29, 0.717) is 23.1 Å². The molecule has 8 heteroatoms. The lowest BCUT2D eigenvalue weighted by atomic mass is 10.1. The number of nitrogens with one attached hydrogen (secondary N) is 2. The van der Waals surface area contributed by atoms with E-state index >= 15 is 0 Å². The van der Waals surface area contributed by atoms with Crippen molar-refractivity contribution in [3.05, 3.63) is 41.6 Å². The number of aromatic amines is 1. The van der Waals surface area contributed by atoms with E-state index in [2.05, 4.69) is 32.4 Å². The maximum Gasteiger partial charge on any atom is 0.253 e. The quantitative estimate of drug-likeness (QED) is 0.674. The molecule has 1 amide bonds. The molecule has 158 valence electrons. The van der Waals surface area contributed by atoms with Crippen LogP contribution < -0.4 is 10.1 Å². The number of aromatic nitrogens is 3. The minimum Gasteiger partial charge on any atom is -0.474 e. The molecule has 0 radical (unpaired) electrons. The van der Waals surface area contributed by atoms with Crippen LogP contribution >= 0.6 is 0 Å². The number of nitrogens with zero attached hydrogens (tertiary/aromatic N) is 4. The van der Waals surface area contributed by atoms with Crippen LogP contribution in [0.3, 0.4) is 0 Å². The number of amides is 1. The molecule has 0 aliphatic carbocycles. The monoisotopic (exact) mass is 408 g/mol. The zero-order valence-corrected chi connectivity index (χ0v) is 17.9. The number of H-pyrrole nitrogens is 1. The highest BCUT2D eigenvalue weighted by Gasteiger charge is 2.21. The highest BCUT2D eigenvalue weighted by molar-refractivity contribution is 6.00. The zero-order valence-electron chi connectivity index (χ0n) is 17.9. The molecule has 4 rings (SSSR count). The Labute approximate surface area is 176 Å². The van der Waals surface area contributed by atoms with Gasteiger partial charge in [0.1, 0.15) is 5.82 Å². The molecule has 3 aromatic rings. The maximum absolute atomic E-state index is 13.0. The highest BCUT2D eigenvalue weighted by atomic mass is 16.5. The Morgan fingerprint density at radius 2 is 1.90 bits per heavy atom. The van der Waals surface area contributed by atoms with Crippen LogP contribution in [-0.4, -0.2) is 70.2 Å². The van der Waals surface area contributed by atoms with Gasteiger partial charge in [0.25, 0.3) is 5.91 Å². The highest BCUT2D eigenvalue weighted by Crippen LogP contribution is 2.30. The fourth-order valence-corrected chi connectivity index (χ4v) is 3.54. The van der Waals surface area contributed by atoms with E-state index in [1.807, 2.05) is 56.0 Å². The number of ether oxygens (including phenoxy) is 1. The molecule has 0 spiro atoms. The minimum atomic E-state index is -0.0183. The average molecular weight is 409 g/mol. The predicted octanol–water partition coefficient (Wildman–Crippen LogP) is 3.18. The number of hydrogen-bond donors (Lipinski definition) is 2. The van der Waals surface area contributed by atoms with Gasteiger partial charge < -0.3 is 19.9 Å². The first kappa shape index (κ1) is 20.2. The molecule has 30 heavy (non-hydrogen) atoms. The first-order valence-electron chi connectivity index (χ1n) is 10.3. The maximum atomic E-state index is 13.0. The number of likely N-dealkylation sites (N-methyl/N-ethyl adjacent to an activating group) is 1. The van der Waals surface area contributed by atoms with Gasteiger partial charge in [-0.25, -0.2) is 0 Å². The normalized spacial score (nSPS) is 15.0. The van der Waals surface area contributed by atoms with E-state index in [9.17, 15) is 4.79 Å². The van der Waals surface area contributed by atoms with Gasteiger partial charge in [-0.05, 0) is 57.5 Å². The number of pyridine rings is 1. The Bertz CT molecular complexity index is 1050. The summed E-state index contributed by atoms with van der Waals surface area (Å²) in [5.74, 6) is 1.90. The predicted molar refractivity (Wildman–Crippen MR) is 118 cm³/mol. The zero-order chi connectivity index (χ0) is 21.3. The van der Waals surface area contributed by atoms with Gasteiger partial charge in [0.15, 0.2) is 5.82 Å². The number of benzene rings is 1. The number of carbonyl (C=O) groups excluding carboxylic acids is 1. The van der Waals surface area contributed by atoms with Crippen LogP contribution in [0.15, 0.2) is 30.3 Å². The lowest BCUT2D eigenvalue weighted by molar-refractivity contribution is 0.0664. The van der Waals surface area contributed by atoms with Gasteiger partial charge in [0.05, 0.1) is 6.10 Å². The van der Waals surface area contributed by atoms with Crippen molar-refractivity contribution in [2.45, 2.75) is 26.9 Å². The van der Waals surface area contributed by atoms with E-state index in [0.717, 1.165) is 42.6 Å². The first-order valence-corrected chi connectivity index (χ1v) is 10.3. The molecule has 1 aliphatic heterocycles. The summed E-state index contributed by atoms with van der Waals surface area (Å²) in [6.45, 7) is 9.16. The molecule has 1 fully saturated rings. The van der Waals surface area contributed by atoms with Gasteiger partial charge in [0.2, 0.25) is 5.88 Å². The van der Waals surface area contributed by atoms with Crippen LogP contribution in [0.25, 0.3) is 10.8 Å². The van der Waals surface area contributed by atoms with E-state index in [4.69, 9.17) is 4.74 Å². The number of hydrogen-bond acceptors (Lipinski definition) is 6.